The summed E-state index contributed by atoms with van der Waals surface area (Å²) in [5.74, 6) is -0.407. The second-order valence-corrected chi connectivity index (χ2v) is 6.89. The van der Waals surface area contributed by atoms with Gasteiger partial charge in [-0.3, -0.25) is 9.59 Å². The lowest BCUT2D eigenvalue weighted by Crippen LogP contribution is -2.29. The fraction of sp³-hybridized carbons (Fsp3) is 0.579. The Kier molecular flexibility index (Phi) is 5.51. The van der Waals surface area contributed by atoms with E-state index in [1.165, 1.54) is 0 Å². The maximum Gasteiger partial charge on any atom is 0.308 e. The van der Waals surface area contributed by atoms with Crippen LogP contribution in [0.15, 0.2) is 30.3 Å². The van der Waals surface area contributed by atoms with E-state index in [2.05, 4.69) is 0 Å². The Balaban J connectivity index is 1.37. The fourth-order valence-electron chi connectivity index (χ4n) is 3.54. The smallest absolute Gasteiger partial charge is 0.308 e. The molecule has 1 saturated carbocycles. The van der Waals surface area contributed by atoms with E-state index >= 15 is 0 Å². The first-order valence-corrected chi connectivity index (χ1v) is 8.77. The lowest BCUT2D eigenvalue weighted by Gasteiger charge is -2.16. The standard InChI is InChI=1S/C19H25NO4/c21-18(7-4-10-24-13-14-5-2-1-3-6-14)20-11-16(15-8-9-15)17(12-20)19(22)23/h1-3,5-6,15-17H,4,7-13H2,(H,22,23)/t16-,17+/m0/s1. The highest BCUT2D eigenvalue weighted by Gasteiger charge is 2.46. The zero-order chi connectivity index (χ0) is 16.9. The second-order valence-electron chi connectivity index (χ2n) is 6.89. The Morgan fingerprint density at radius 2 is 1.92 bits per heavy atom. The zero-order valence-electron chi connectivity index (χ0n) is 13.9. The van der Waals surface area contributed by atoms with Gasteiger partial charge in [-0.2, -0.15) is 0 Å². The molecule has 0 spiro atoms. The van der Waals surface area contributed by atoms with Crippen LogP contribution in [0, 0.1) is 17.8 Å². The molecule has 1 aliphatic heterocycles. The van der Waals surface area contributed by atoms with Crippen molar-refractivity contribution in [3.8, 4) is 0 Å². The largest absolute Gasteiger partial charge is 0.481 e. The summed E-state index contributed by atoms with van der Waals surface area (Å²) in [7, 11) is 0. The number of ether oxygens (including phenoxy) is 1. The molecule has 3 rings (SSSR count). The molecular weight excluding hydrogens is 306 g/mol. The predicted octanol–water partition coefficient (Wildman–Crippen LogP) is 2.55. The van der Waals surface area contributed by atoms with Crippen LogP contribution in [0.4, 0.5) is 0 Å². The maximum absolute atomic E-state index is 12.3. The molecule has 2 fully saturated rings. The molecule has 5 nitrogen and oxygen atoms in total. The van der Waals surface area contributed by atoms with Gasteiger partial charge >= 0.3 is 5.97 Å². The van der Waals surface area contributed by atoms with Gasteiger partial charge in [0.05, 0.1) is 12.5 Å². The number of carbonyl (C=O) groups excluding carboxylic acids is 1. The Hall–Kier alpha value is -1.88. The molecular formula is C19H25NO4. The Morgan fingerprint density at radius 1 is 1.17 bits per heavy atom. The Bertz CT molecular complexity index is 570. The number of hydrogen-bond acceptors (Lipinski definition) is 3. The number of carboxylic acid groups (broad SMARTS) is 1. The van der Waals surface area contributed by atoms with Crippen molar-refractivity contribution >= 4 is 11.9 Å². The normalized spacial score (nSPS) is 23.4. The number of aliphatic carboxylic acids is 1. The molecule has 2 aliphatic rings. The van der Waals surface area contributed by atoms with Crippen molar-refractivity contribution in [1.29, 1.82) is 0 Å². The average molecular weight is 331 g/mol. The predicted molar refractivity (Wildman–Crippen MR) is 89.3 cm³/mol. The van der Waals surface area contributed by atoms with Crippen LogP contribution in [0.25, 0.3) is 0 Å². The summed E-state index contributed by atoms with van der Waals surface area (Å²) < 4.78 is 5.60. The minimum atomic E-state index is -0.756. The third-order valence-electron chi connectivity index (χ3n) is 5.05. The summed E-state index contributed by atoms with van der Waals surface area (Å²) in [4.78, 5) is 25.4. The molecule has 1 aromatic carbocycles. The minimum Gasteiger partial charge on any atom is -0.481 e. The third-order valence-corrected chi connectivity index (χ3v) is 5.05. The van der Waals surface area contributed by atoms with Crippen LogP contribution in [-0.2, 0) is 20.9 Å². The molecule has 5 heteroatoms. The molecule has 1 N–H and O–H groups in total. The molecule has 0 aromatic heterocycles. The van der Waals surface area contributed by atoms with Crippen LogP contribution in [0.5, 0.6) is 0 Å². The van der Waals surface area contributed by atoms with Crippen LogP contribution in [0.1, 0.15) is 31.2 Å². The van der Waals surface area contributed by atoms with Crippen molar-refractivity contribution in [3.05, 3.63) is 35.9 Å². The van der Waals surface area contributed by atoms with Crippen LogP contribution in [0.3, 0.4) is 0 Å². The molecule has 1 aliphatic carbocycles. The lowest BCUT2D eigenvalue weighted by atomic mass is 9.92. The second kappa shape index (κ2) is 7.79. The van der Waals surface area contributed by atoms with Gasteiger partial charge in [-0.15, -0.1) is 0 Å². The average Bonchev–Trinajstić information content (AvgIpc) is 3.33. The summed E-state index contributed by atoms with van der Waals surface area (Å²) >= 11 is 0. The maximum atomic E-state index is 12.3. The van der Waals surface area contributed by atoms with E-state index < -0.39 is 5.97 Å². The van der Waals surface area contributed by atoms with Crippen LogP contribution < -0.4 is 0 Å². The molecule has 1 saturated heterocycles. The zero-order valence-corrected chi connectivity index (χ0v) is 13.9. The van der Waals surface area contributed by atoms with Gasteiger partial charge in [-0.05, 0) is 36.7 Å². The van der Waals surface area contributed by atoms with Crippen molar-refractivity contribution < 1.29 is 19.4 Å². The van der Waals surface area contributed by atoms with E-state index in [0.29, 0.717) is 45.1 Å². The number of amides is 1. The molecule has 0 bridgehead atoms. The topological polar surface area (TPSA) is 66.8 Å². The van der Waals surface area contributed by atoms with E-state index in [-0.39, 0.29) is 17.7 Å². The van der Waals surface area contributed by atoms with Gasteiger partial charge in [-0.1, -0.05) is 30.3 Å². The molecule has 0 radical (unpaired) electrons. The fourth-order valence-corrected chi connectivity index (χ4v) is 3.54. The van der Waals surface area contributed by atoms with Gasteiger partial charge in [0.15, 0.2) is 0 Å². The highest BCUT2D eigenvalue weighted by molar-refractivity contribution is 5.79. The highest BCUT2D eigenvalue weighted by atomic mass is 16.5. The van der Waals surface area contributed by atoms with Gasteiger partial charge in [0.25, 0.3) is 0 Å². The van der Waals surface area contributed by atoms with Crippen LogP contribution in [0.2, 0.25) is 0 Å². The number of hydrogen-bond donors (Lipinski definition) is 1. The number of rotatable bonds is 8. The van der Waals surface area contributed by atoms with Gasteiger partial charge < -0.3 is 14.7 Å². The molecule has 1 aromatic rings. The molecule has 1 amide bonds. The van der Waals surface area contributed by atoms with Crippen molar-refractivity contribution in [1.82, 2.24) is 4.90 Å². The number of likely N-dealkylation sites (tertiary alicyclic amines) is 1. The Labute approximate surface area is 142 Å². The molecule has 24 heavy (non-hydrogen) atoms. The SMILES string of the molecule is O=C(O)[C@@H]1CN(C(=O)CCCOCc2ccccc2)C[C@H]1C1CC1. The molecule has 2 atom stereocenters. The van der Waals surface area contributed by atoms with Gasteiger partial charge in [0, 0.05) is 26.1 Å². The molecule has 0 unspecified atom stereocenters. The van der Waals surface area contributed by atoms with E-state index in [1.54, 1.807) is 4.90 Å². The van der Waals surface area contributed by atoms with E-state index in [0.717, 1.165) is 18.4 Å². The summed E-state index contributed by atoms with van der Waals surface area (Å²) in [6.07, 6.45) is 3.33. The Morgan fingerprint density at radius 3 is 2.58 bits per heavy atom. The first-order chi connectivity index (χ1) is 11.6. The van der Waals surface area contributed by atoms with E-state index in [9.17, 15) is 14.7 Å². The van der Waals surface area contributed by atoms with Crippen molar-refractivity contribution in [2.75, 3.05) is 19.7 Å². The summed E-state index contributed by atoms with van der Waals surface area (Å²) in [5, 5.41) is 9.36. The lowest BCUT2D eigenvalue weighted by molar-refractivity contribution is -0.142. The van der Waals surface area contributed by atoms with Crippen LogP contribution in [-0.4, -0.2) is 41.6 Å². The number of benzene rings is 1. The summed E-state index contributed by atoms with van der Waals surface area (Å²) in [6.45, 7) is 2.10. The quantitative estimate of drug-likeness (QED) is 0.744. The van der Waals surface area contributed by atoms with Gasteiger partial charge in [-0.25, -0.2) is 0 Å². The van der Waals surface area contributed by atoms with Crippen LogP contribution >= 0.6 is 0 Å². The van der Waals surface area contributed by atoms with Crippen molar-refractivity contribution in [2.45, 2.75) is 32.3 Å². The first kappa shape index (κ1) is 17.0. The van der Waals surface area contributed by atoms with E-state index in [4.69, 9.17) is 4.74 Å². The number of nitrogens with zero attached hydrogens (tertiary/aromatic N) is 1. The van der Waals surface area contributed by atoms with Crippen molar-refractivity contribution in [2.24, 2.45) is 17.8 Å². The first-order valence-electron chi connectivity index (χ1n) is 8.77. The molecule has 1 heterocycles. The van der Waals surface area contributed by atoms with E-state index in [1.807, 2.05) is 30.3 Å². The third kappa shape index (κ3) is 4.35. The minimum absolute atomic E-state index is 0.0627. The summed E-state index contributed by atoms with van der Waals surface area (Å²) in [6, 6.07) is 9.95. The monoisotopic (exact) mass is 331 g/mol. The highest BCUT2D eigenvalue weighted by Crippen LogP contribution is 2.44. The number of carboxylic acids is 1. The van der Waals surface area contributed by atoms with Gasteiger partial charge in [0.1, 0.15) is 0 Å². The van der Waals surface area contributed by atoms with Crippen molar-refractivity contribution in [3.63, 3.8) is 0 Å². The van der Waals surface area contributed by atoms with Gasteiger partial charge in [0.2, 0.25) is 5.91 Å². The molecule has 130 valence electrons. The number of carbonyl (C=O) groups is 2. The summed E-state index contributed by atoms with van der Waals surface area (Å²) in [5.41, 5.74) is 1.12.